The van der Waals surface area contributed by atoms with Gasteiger partial charge in [0.1, 0.15) is 17.6 Å². The van der Waals surface area contributed by atoms with Crippen molar-refractivity contribution in [2.24, 2.45) is 0 Å². The molecule has 160 valence electrons. The molecule has 2 aromatic heterocycles. The van der Waals surface area contributed by atoms with Crippen molar-refractivity contribution in [1.82, 2.24) is 15.2 Å². The molecular formula is C23H23N3O4S. The van der Waals surface area contributed by atoms with E-state index >= 15 is 0 Å². The number of hydrogen-bond donors (Lipinski definition) is 1. The molecule has 1 aliphatic heterocycles. The van der Waals surface area contributed by atoms with Crippen molar-refractivity contribution in [1.29, 1.82) is 0 Å². The van der Waals surface area contributed by atoms with E-state index in [-0.39, 0.29) is 12.1 Å². The molecule has 1 aromatic carbocycles. The molecule has 0 bridgehead atoms. The van der Waals surface area contributed by atoms with Crippen LogP contribution in [-0.2, 0) is 9.47 Å². The molecule has 2 atom stereocenters. The van der Waals surface area contributed by atoms with Crippen LogP contribution in [0.4, 0.5) is 0 Å². The summed E-state index contributed by atoms with van der Waals surface area (Å²) >= 11 is 5.61. The second kappa shape index (κ2) is 9.28. The number of nitrogens with one attached hydrogen (secondary N) is 1. The number of rotatable bonds is 7. The molecule has 0 unspecified atom stereocenters. The first-order valence-electron chi connectivity index (χ1n) is 9.88. The molecule has 8 heteroatoms. The maximum atomic E-state index is 12.2. The van der Waals surface area contributed by atoms with Crippen molar-refractivity contribution >= 4 is 23.3 Å². The highest BCUT2D eigenvalue weighted by Gasteiger charge is 2.41. The quantitative estimate of drug-likeness (QED) is 0.442. The van der Waals surface area contributed by atoms with Crippen LogP contribution in [-0.4, -0.2) is 48.3 Å². The molecule has 0 spiro atoms. The lowest BCUT2D eigenvalue weighted by atomic mass is 10.0. The van der Waals surface area contributed by atoms with Crippen molar-refractivity contribution in [2.75, 3.05) is 27.4 Å². The first-order chi connectivity index (χ1) is 15.1. The minimum atomic E-state index is -0.412. The highest BCUT2D eigenvalue weighted by Crippen LogP contribution is 2.40. The summed E-state index contributed by atoms with van der Waals surface area (Å²) in [5.41, 5.74) is 1.98. The van der Waals surface area contributed by atoms with Crippen molar-refractivity contribution in [3.63, 3.8) is 0 Å². The predicted molar refractivity (Wildman–Crippen MR) is 120 cm³/mol. The van der Waals surface area contributed by atoms with E-state index in [9.17, 15) is 4.79 Å². The zero-order chi connectivity index (χ0) is 21.8. The number of furan rings is 1. The minimum Gasteiger partial charge on any atom is -0.465 e. The molecule has 0 saturated carbocycles. The summed E-state index contributed by atoms with van der Waals surface area (Å²) in [6.45, 7) is 1.12. The number of nitrogens with zero attached hydrogens (tertiary/aromatic N) is 2. The van der Waals surface area contributed by atoms with Gasteiger partial charge >= 0.3 is 5.97 Å². The van der Waals surface area contributed by atoms with Gasteiger partial charge in [-0.1, -0.05) is 24.3 Å². The van der Waals surface area contributed by atoms with Gasteiger partial charge in [-0.25, -0.2) is 4.79 Å². The third kappa shape index (κ3) is 4.17. The van der Waals surface area contributed by atoms with Gasteiger partial charge < -0.3 is 24.1 Å². The fraction of sp³-hybridized carbons (Fsp3) is 0.261. The van der Waals surface area contributed by atoms with Crippen molar-refractivity contribution in [3.05, 3.63) is 77.8 Å². The summed E-state index contributed by atoms with van der Waals surface area (Å²) in [7, 11) is 3.02. The Labute approximate surface area is 186 Å². The SMILES string of the molecule is COCCN1C(=S)N[C@H](c2ccccn2)[C@H]1c1ccc(-c2ccccc2C(=O)OC)o1. The lowest BCUT2D eigenvalue weighted by molar-refractivity contribution is 0.0601. The van der Waals surface area contributed by atoms with Crippen LogP contribution in [0.25, 0.3) is 11.3 Å². The standard InChI is InChI=1S/C23H23N3O4S/c1-28-14-13-26-21(20(25-23(26)31)17-9-5-6-12-24-17)19-11-10-18(30-19)15-7-3-4-8-16(15)22(27)29-2/h3-12,20-21H,13-14H2,1-2H3,(H,25,31)/t20-,21-/m1/s1. The van der Waals surface area contributed by atoms with E-state index in [1.165, 1.54) is 7.11 Å². The number of esters is 1. The maximum Gasteiger partial charge on any atom is 0.338 e. The number of carbonyl (C=O) groups is 1. The number of hydrogen-bond acceptors (Lipinski definition) is 6. The highest BCUT2D eigenvalue weighted by molar-refractivity contribution is 7.80. The lowest BCUT2D eigenvalue weighted by Crippen LogP contribution is -2.32. The Morgan fingerprint density at radius 2 is 1.97 bits per heavy atom. The Morgan fingerprint density at radius 3 is 2.71 bits per heavy atom. The lowest BCUT2D eigenvalue weighted by Gasteiger charge is -2.25. The van der Waals surface area contributed by atoms with Crippen LogP contribution >= 0.6 is 12.2 Å². The molecule has 7 nitrogen and oxygen atoms in total. The van der Waals surface area contributed by atoms with Gasteiger partial charge in [-0.3, -0.25) is 4.98 Å². The molecule has 3 aromatic rings. The Balaban J connectivity index is 1.73. The molecule has 1 saturated heterocycles. The van der Waals surface area contributed by atoms with E-state index in [0.717, 1.165) is 5.69 Å². The number of ether oxygens (including phenoxy) is 2. The maximum absolute atomic E-state index is 12.2. The molecule has 0 aliphatic carbocycles. The molecule has 1 fully saturated rings. The Morgan fingerprint density at radius 1 is 1.16 bits per heavy atom. The number of pyridine rings is 1. The summed E-state index contributed by atoms with van der Waals surface area (Å²) in [4.78, 5) is 18.8. The molecule has 4 rings (SSSR count). The van der Waals surface area contributed by atoms with Crippen LogP contribution in [0.1, 0.15) is 33.9 Å². The monoisotopic (exact) mass is 437 g/mol. The van der Waals surface area contributed by atoms with Gasteiger partial charge in [0.05, 0.1) is 31.0 Å². The first kappa shape index (κ1) is 21.0. The van der Waals surface area contributed by atoms with E-state index in [0.29, 0.717) is 40.9 Å². The third-order valence-electron chi connectivity index (χ3n) is 5.25. The molecular weight excluding hydrogens is 414 g/mol. The second-order valence-electron chi connectivity index (χ2n) is 7.05. The van der Waals surface area contributed by atoms with Gasteiger partial charge in [0.2, 0.25) is 0 Å². The van der Waals surface area contributed by atoms with E-state index in [1.54, 1.807) is 25.4 Å². The highest BCUT2D eigenvalue weighted by atomic mass is 32.1. The van der Waals surface area contributed by atoms with Crippen molar-refractivity contribution < 1.29 is 18.7 Å². The second-order valence-corrected chi connectivity index (χ2v) is 7.44. The molecule has 0 radical (unpaired) electrons. The van der Waals surface area contributed by atoms with Crippen LogP contribution < -0.4 is 5.32 Å². The fourth-order valence-electron chi connectivity index (χ4n) is 3.79. The van der Waals surface area contributed by atoms with E-state index < -0.39 is 5.97 Å². The summed E-state index contributed by atoms with van der Waals surface area (Å²) < 4.78 is 16.5. The van der Waals surface area contributed by atoms with E-state index in [1.807, 2.05) is 47.4 Å². The molecule has 1 aliphatic rings. The number of carbonyl (C=O) groups excluding carboxylic acids is 1. The van der Waals surface area contributed by atoms with Crippen LogP contribution in [0.5, 0.6) is 0 Å². The van der Waals surface area contributed by atoms with Crippen LogP contribution in [0.3, 0.4) is 0 Å². The largest absolute Gasteiger partial charge is 0.465 e. The number of aromatic nitrogens is 1. The summed E-state index contributed by atoms with van der Waals surface area (Å²) in [5.74, 6) is 0.888. The zero-order valence-corrected chi connectivity index (χ0v) is 18.1. The Kier molecular flexibility index (Phi) is 6.29. The topological polar surface area (TPSA) is 76.8 Å². The van der Waals surface area contributed by atoms with Gasteiger partial charge in [-0.2, -0.15) is 0 Å². The van der Waals surface area contributed by atoms with Crippen molar-refractivity contribution in [2.45, 2.75) is 12.1 Å². The predicted octanol–water partition coefficient (Wildman–Crippen LogP) is 3.75. The van der Waals surface area contributed by atoms with Crippen LogP contribution in [0.2, 0.25) is 0 Å². The first-order valence-corrected chi connectivity index (χ1v) is 10.3. The Hall–Kier alpha value is -3.23. The number of thiocarbonyl (C=S) groups is 1. The molecule has 1 N–H and O–H groups in total. The van der Waals surface area contributed by atoms with Gasteiger partial charge in [0.25, 0.3) is 0 Å². The normalized spacial score (nSPS) is 18.1. The minimum absolute atomic E-state index is 0.180. The molecule has 0 amide bonds. The zero-order valence-electron chi connectivity index (χ0n) is 17.3. The third-order valence-corrected chi connectivity index (χ3v) is 5.60. The van der Waals surface area contributed by atoms with Gasteiger partial charge in [0, 0.05) is 25.4 Å². The summed E-state index contributed by atoms with van der Waals surface area (Å²) in [5, 5.41) is 3.99. The number of benzene rings is 1. The Bertz CT molecular complexity index is 1070. The summed E-state index contributed by atoms with van der Waals surface area (Å²) in [6.07, 6.45) is 1.76. The molecule has 3 heterocycles. The van der Waals surface area contributed by atoms with Crippen LogP contribution in [0.15, 0.2) is 65.2 Å². The van der Waals surface area contributed by atoms with Crippen LogP contribution in [0, 0.1) is 0 Å². The van der Waals surface area contributed by atoms with E-state index in [4.69, 9.17) is 26.1 Å². The van der Waals surface area contributed by atoms with Gasteiger partial charge in [-0.05, 0) is 42.5 Å². The summed E-state index contributed by atoms with van der Waals surface area (Å²) in [6, 6.07) is 16.4. The van der Waals surface area contributed by atoms with Gasteiger partial charge in [0.15, 0.2) is 5.11 Å². The fourth-order valence-corrected chi connectivity index (χ4v) is 4.12. The van der Waals surface area contributed by atoms with Crippen molar-refractivity contribution in [3.8, 4) is 11.3 Å². The van der Waals surface area contributed by atoms with Gasteiger partial charge in [-0.15, -0.1) is 0 Å². The van der Waals surface area contributed by atoms with E-state index in [2.05, 4.69) is 10.3 Å². The smallest absolute Gasteiger partial charge is 0.338 e. The average molecular weight is 438 g/mol. The average Bonchev–Trinajstić information content (AvgIpc) is 3.42. The number of methoxy groups -OCH3 is 2. The molecule has 31 heavy (non-hydrogen) atoms.